The van der Waals surface area contributed by atoms with Gasteiger partial charge in [-0.1, -0.05) is 238 Å². The number of unbranched alkanes of at least 4 members (excludes halogenated alkanes) is 36. The normalized spacial score (nSPS) is 12.1. The van der Waals surface area contributed by atoms with E-state index < -0.39 is 6.10 Å². The second-order valence-electron chi connectivity index (χ2n) is 18.8. The number of hydrogen-bond acceptors (Lipinski definition) is 6. The quantitative estimate of drug-likeness (QED) is 0.0262. The average Bonchev–Trinajstić information content (AvgIpc) is 3.28. The maximum atomic E-state index is 12.8. The fourth-order valence-electron chi connectivity index (χ4n) is 8.20. The first-order chi connectivity index (χ1) is 31.0. The summed E-state index contributed by atoms with van der Waals surface area (Å²) in [7, 11) is 0. The van der Waals surface area contributed by atoms with Crippen LogP contribution in [0.3, 0.4) is 0 Å². The van der Waals surface area contributed by atoms with E-state index in [9.17, 15) is 14.4 Å². The zero-order chi connectivity index (χ0) is 45.8. The smallest absolute Gasteiger partial charge is 0.306 e. The molecule has 0 spiro atoms. The number of esters is 3. The molecule has 0 aliphatic carbocycles. The lowest BCUT2D eigenvalue weighted by Crippen LogP contribution is -2.30. The van der Waals surface area contributed by atoms with Crippen LogP contribution >= 0.6 is 0 Å². The molecule has 1 atom stereocenters. The molecule has 0 fully saturated rings. The van der Waals surface area contributed by atoms with Crippen LogP contribution in [0.4, 0.5) is 0 Å². The van der Waals surface area contributed by atoms with Crippen molar-refractivity contribution in [2.45, 2.75) is 309 Å². The molecule has 0 saturated heterocycles. The molecular formula is C57H106O6. The van der Waals surface area contributed by atoms with Gasteiger partial charge in [0.25, 0.3) is 0 Å². The highest BCUT2D eigenvalue weighted by Gasteiger charge is 2.19. The second-order valence-corrected chi connectivity index (χ2v) is 18.8. The Morgan fingerprint density at radius 1 is 0.302 bits per heavy atom. The molecule has 0 aromatic heterocycles. The Labute approximate surface area is 392 Å². The predicted molar refractivity (Wildman–Crippen MR) is 270 cm³/mol. The molecule has 0 aliphatic heterocycles. The minimum atomic E-state index is -0.771. The summed E-state index contributed by atoms with van der Waals surface area (Å²) in [6.45, 7) is 6.64. The first-order valence-corrected chi connectivity index (χ1v) is 27.8. The number of rotatable bonds is 51. The summed E-state index contributed by atoms with van der Waals surface area (Å²) < 4.78 is 16.8. The molecule has 1 unspecified atom stereocenters. The van der Waals surface area contributed by atoms with Gasteiger partial charge in [0.1, 0.15) is 13.2 Å². The summed E-state index contributed by atoms with van der Waals surface area (Å²) in [4.78, 5) is 38.0. The minimum absolute atomic E-state index is 0.0722. The van der Waals surface area contributed by atoms with Crippen LogP contribution in [-0.4, -0.2) is 37.2 Å². The molecule has 0 bridgehead atoms. The van der Waals surface area contributed by atoms with Gasteiger partial charge in [0.2, 0.25) is 0 Å². The van der Waals surface area contributed by atoms with Gasteiger partial charge in [0.15, 0.2) is 6.10 Å². The van der Waals surface area contributed by atoms with Crippen LogP contribution in [0.5, 0.6) is 0 Å². The lowest BCUT2D eigenvalue weighted by Gasteiger charge is -2.18. The van der Waals surface area contributed by atoms with E-state index in [1.807, 2.05) is 0 Å². The van der Waals surface area contributed by atoms with E-state index in [4.69, 9.17) is 14.2 Å². The average molecular weight is 887 g/mol. The van der Waals surface area contributed by atoms with Gasteiger partial charge in [-0.05, 0) is 70.6 Å². The molecule has 0 saturated carbocycles. The van der Waals surface area contributed by atoms with Gasteiger partial charge >= 0.3 is 17.9 Å². The molecule has 0 N–H and O–H groups in total. The van der Waals surface area contributed by atoms with Gasteiger partial charge in [-0.25, -0.2) is 0 Å². The van der Waals surface area contributed by atoms with E-state index in [1.165, 1.54) is 199 Å². The molecule has 63 heavy (non-hydrogen) atoms. The fraction of sp³-hybridized carbons (Fsp3) is 0.877. The zero-order valence-electron chi connectivity index (χ0n) is 42.4. The summed E-state index contributed by atoms with van der Waals surface area (Å²) in [5.41, 5.74) is 0. The van der Waals surface area contributed by atoms with Gasteiger partial charge in [-0.3, -0.25) is 14.4 Å². The van der Waals surface area contributed by atoms with E-state index in [-0.39, 0.29) is 31.1 Å². The monoisotopic (exact) mass is 887 g/mol. The largest absolute Gasteiger partial charge is 0.462 e. The molecule has 0 aromatic rings. The Morgan fingerprint density at radius 3 is 0.825 bits per heavy atom. The van der Waals surface area contributed by atoms with Crippen molar-refractivity contribution in [2.75, 3.05) is 13.2 Å². The van der Waals surface area contributed by atoms with Crippen LogP contribution in [-0.2, 0) is 28.6 Å². The summed E-state index contributed by atoms with van der Waals surface area (Å²) >= 11 is 0. The summed E-state index contributed by atoms with van der Waals surface area (Å²) in [6.07, 6.45) is 60.2. The SMILES string of the molecule is CCCCC/C=C\CCCCCCCC(=O)OCC(COC(=O)CCCCCCCCC/C=C\CCCCCCCCCC)OC(=O)CCCCCCCCCCCCCCCC. The van der Waals surface area contributed by atoms with Crippen LogP contribution in [0.1, 0.15) is 303 Å². The van der Waals surface area contributed by atoms with Crippen molar-refractivity contribution in [3.05, 3.63) is 24.3 Å². The van der Waals surface area contributed by atoms with Crippen molar-refractivity contribution in [3.63, 3.8) is 0 Å². The standard InChI is InChI=1S/C57H106O6/c1-4-7-10-13-16-19-22-25-27-28-29-30-31-33-35-38-41-44-47-50-56(59)62-53-54(52-61-55(58)49-46-43-40-37-34-24-21-18-15-12-9-6-3)63-57(60)51-48-45-42-39-36-32-26-23-20-17-14-11-8-5-2/h18,21,28-29,54H,4-17,19-20,22-27,30-53H2,1-3H3/b21-18-,29-28-. The van der Waals surface area contributed by atoms with Crippen molar-refractivity contribution in [1.82, 2.24) is 0 Å². The molecule has 0 rings (SSSR count). The molecule has 0 aromatic carbocycles. The first kappa shape index (κ1) is 60.9. The highest BCUT2D eigenvalue weighted by Crippen LogP contribution is 2.16. The van der Waals surface area contributed by atoms with Crippen molar-refractivity contribution >= 4 is 17.9 Å². The number of carbonyl (C=O) groups excluding carboxylic acids is 3. The summed E-state index contributed by atoms with van der Waals surface area (Å²) in [5, 5.41) is 0. The zero-order valence-corrected chi connectivity index (χ0v) is 42.4. The van der Waals surface area contributed by atoms with Gasteiger partial charge in [0, 0.05) is 19.3 Å². The molecule has 0 aliphatic rings. The Morgan fingerprint density at radius 2 is 0.524 bits per heavy atom. The van der Waals surface area contributed by atoms with E-state index in [0.29, 0.717) is 19.3 Å². The Hall–Kier alpha value is -2.11. The van der Waals surface area contributed by atoms with Crippen LogP contribution < -0.4 is 0 Å². The predicted octanol–water partition coefficient (Wildman–Crippen LogP) is 18.3. The number of ether oxygens (including phenoxy) is 3. The summed E-state index contributed by atoms with van der Waals surface area (Å²) in [6, 6.07) is 0. The van der Waals surface area contributed by atoms with Gasteiger partial charge in [-0.2, -0.15) is 0 Å². The second kappa shape index (κ2) is 52.5. The van der Waals surface area contributed by atoms with Crippen LogP contribution in [0.25, 0.3) is 0 Å². The fourth-order valence-corrected chi connectivity index (χ4v) is 8.20. The molecule has 6 heteroatoms. The van der Waals surface area contributed by atoms with E-state index in [1.54, 1.807) is 0 Å². The lowest BCUT2D eigenvalue weighted by atomic mass is 10.0. The highest BCUT2D eigenvalue weighted by molar-refractivity contribution is 5.71. The third-order valence-electron chi connectivity index (χ3n) is 12.4. The Balaban J connectivity index is 4.31. The topological polar surface area (TPSA) is 78.9 Å². The van der Waals surface area contributed by atoms with Crippen LogP contribution in [0.2, 0.25) is 0 Å². The molecule has 0 heterocycles. The van der Waals surface area contributed by atoms with Crippen LogP contribution in [0, 0.1) is 0 Å². The molecule has 0 amide bonds. The molecule has 6 nitrogen and oxygen atoms in total. The first-order valence-electron chi connectivity index (χ1n) is 27.8. The maximum Gasteiger partial charge on any atom is 0.306 e. The third-order valence-corrected chi connectivity index (χ3v) is 12.4. The number of allylic oxidation sites excluding steroid dienone is 4. The van der Waals surface area contributed by atoms with Crippen LogP contribution in [0.15, 0.2) is 24.3 Å². The Kier molecular flexibility index (Phi) is 50.8. The van der Waals surface area contributed by atoms with Crippen molar-refractivity contribution < 1.29 is 28.6 Å². The van der Waals surface area contributed by atoms with E-state index in [2.05, 4.69) is 45.1 Å². The number of carbonyl (C=O) groups is 3. The van der Waals surface area contributed by atoms with E-state index in [0.717, 1.165) is 64.2 Å². The molecule has 0 radical (unpaired) electrons. The van der Waals surface area contributed by atoms with Gasteiger partial charge < -0.3 is 14.2 Å². The highest BCUT2D eigenvalue weighted by atomic mass is 16.6. The Bertz CT molecular complexity index is 1020. The third kappa shape index (κ3) is 50.7. The molecule has 370 valence electrons. The van der Waals surface area contributed by atoms with Crippen molar-refractivity contribution in [2.24, 2.45) is 0 Å². The van der Waals surface area contributed by atoms with E-state index >= 15 is 0 Å². The lowest BCUT2D eigenvalue weighted by molar-refractivity contribution is -0.167. The van der Waals surface area contributed by atoms with Crippen molar-refractivity contribution in [1.29, 1.82) is 0 Å². The van der Waals surface area contributed by atoms with Gasteiger partial charge in [0.05, 0.1) is 0 Å². The summed E-state index contributed by atoms with van der Waals surface area (Å²) in [5.74, 6) is -0.869. The van der Waals surface area contributed by atoms with Gasteiger partial charge in [-0.15, -0.1) is 0 Å². The maximum absolute atomic E-state index is 12.8. The number of hydrogen-bond donors (Lipinski definition) is 0. The minimum Gasteiger partial charge on any atom is -0.462 e. The molecular weight excluding hydrogens is 781 g/mol. The van der Waals surface area contributed by atoms with Crippen molar-refractivity contribution in [3.8, 4) is 0 Å².